The second-order valence-corrected chi connectivity index (χ2v) is 6.19. The van der Waals surface area contributed by atoms with Crippen LogP contribution in [0.5, 0.6) is 0 Å². The Kier molecular flexibility index (Phi) is 3.60. The van der Waals surface area contributed by atoms with Gasteiger partial charge in [0.15, 0.2) is 5.82 Å². The van der Waals surface area contributed by atoms with Crippen LogP contribution in [0.1, 0.15) is 29.7 Å². The van der Waals surface area contributed by atoms with Gasteiger partial charge >= 0.3 is 0 Å². The molecule has 2 saturated heterocycles. The molecular weight excluding hydrogens is 270 g/mol. The third kappa shape index (κ3) is 2.27. The highest BCUT2D eigenvalue weighted by Crippen LogP contribution is 2.27. The standard InChI is InChI=1S/C14H21N5S/c1-9-10(2)16-17-14(12(9)13(15)20)19-7-6-18-5-3-4-11(18)8-19/h11H,3-8H2,1-2H3,(H2,15,20). The van der Waals surface area contributed by atoms with Crippen LogP contribution < -0.4 is 10.6 Å². The molecule has 0 saturated carbocycles. The van der Waals surface area contributed by atoms with Gasteiger partial charge in [0.2, 0.25) is 0 Å². The van der Waals surface area contributed by atoms with Crippen LogP contribution in [0.25, 0.3) is 0 Å². The lowest BCUT2D eigenvalue weighted by Crippen LogP contribution is -2.51. The summed E-state index contributed by atoms with van der Waals surface area (Å²) in [5.74, 6) is 0.868. The molecule has 0 radical (unpaired) electrons. The quantitative estimate of drug-likeness (QED) is 0.821. The second kappa shape index (κ2) is 5.26. The van der Waals surface area contributed by atoms with E-state index in [1.165, 1.54) is 19.4 Å². The summed E-state index contributed by atoms with van der Waals surface area (Å²) >= 11 is 5.23. The van der Waals surface area contributed by atoms with Gasteiger partial charge in [0, 0.05) is 25.7 Å². The number of fused-ring (bicyclic) bond motifs is 1. The smallest absolute Gasteiger partial charge is 0.161 e. The zero-order valence-electron chi connectivity index (χ0n) is 12.1. The average molecular weight is 291 g/mol. The van der Waals surface area contributed by atoms with Crippen LogP contribution in [0, 0.1) is 13.8 Å². The predicted octanol–water partition coefficient (Wildman–Crippen LogP) is 1.01. The van der Waals surface area contributed by atoms with Crippen molar-refractivity contribution in [2.45, 2.75) is 32.7 Å². The van der Waals surface area contributed by atoms with Crippen molar-refractivity contribution in [3.63, 3.8) is 0 Å². The number of hydrogen-bond donors (Lipinski definition) is 1. The summed E-state index contributed by atoms with van der Waals surface area (Å²) in [6.07, 6.45) is 2.58. The molecular formula is C14H21N5S. The molecule has 0 bridgehead atoms. The summed E-state index contributed by atoms with van der Waals surface area (Å²) < 4.78 is 0. The molecule has 0 aromatic carbocycles. The molecule has 2 aliphatic heterocycles. The molecule has 0 spiro atoms. The number of piperazine rings is 1. The topological polar surface area (TPSA) is 58.3 Å². The fourth-order valence-corrected chi connectivity index (χ4v) is 3.54. The minimum absolute atomic E-state index is 0.421. The van der Waals surface area contributed by atoms with Crippen molar-refractivity contribution < 1.29 is 0 Å². The highest BCUT2D eigenvalue weighted by atomic mass is 32.1. The van der Waals surface area contributed by atoms with Crippen molar-refractivity contribution in [3.8, 4) is 0 Å². The molecule has 2 aliphatic rings. The Balaban J connectivity index is 1.94. The minimum atomic E-state index is 0.421. The van der Waals surface area contributed by atoms with Gasteiger partial charge in [-0.1, -0.05) is 12.2 Å². The van der Waals surface area contributed by atoms with Crippen LogP contribution in [-0.4, -0.2) is 52.3 Å². The zero-order valence-corrected chi connectivity index (χ0v) is 12.9. The van der Waals surface area contributed by atoms with Gasteiger partial charge in [-0.3, -0.25) is 4.90 Å². The first-order chi connectivity index (χ1) is 9.58. The van der Waals surface area contributed by atoms with E-state index in [1.54, 1.807) is 0 Å². The number of aromatic nitrogens is 2. The van der Waals surface area contributed by atoms with Crippen LogP contribution in [0.4, 0.5) is 5.82 Å². The number of nitrogens with zero attached hydrogens (tertiary/aromatic N) is 4. The highest BCUT2D eigenvalue weighted by molar-refractivity contribution is 7.80. The van der Waals surface area contributed by atoms with Crippen molar-refractivity contribution in [1.82, 2.24) is 15.1 Å². The van der Waals surface area contributed by atoms with E-state index in [4.69, 9.17) is 18.0 Å². The molecule has 2 fully saturated rings. The monoisotopic (exact) mass is 291 g/mol. The summed E-state index contributed by atoms with van der Waals surface area (Å²) in [6.45, 7) is 8.28. The lowest BCUT2D eigenvalue weighted by Gasteiger charge is -2.38. The Morgan fingerprint density at radius 1 is 1.25 bits per heavy atom. The number of anilines is 1. The van der Waals surface area contributed by atoms with Gasteiger partial charge in [0.05, 0.1) is 11.3 Å². The Bertz CT molecular complexity index is 545. The van der Waals surface area contributed by atoms with Gasteiger partial charge < -0.3 is 10.6 Å². The van der Waals surface area contributed by atoms with Crippen LogP contribution in [-0.2, 0) is 0 Å². The van der Waals surface area contributed by atoms with E-state index in [9.17, 15) is 0 Å². The van der Waals surface area contributed by atoms with Crippen LogP contribution in [0.2, 0.25) is 0 Å². The van der Waals surface area contributed by atoms with E-state index in [0.717, 1.165) is 42.3 Å². The van der Waals surface area contributed by atoms with Gasteiger partial charge in [-0.15, -0.1) is 5.10 Å². The first-order valence-electron chi connectivity index (χ1n) is 7.20. The predicted molar refractivity (Wildman–Crippen MR) is 84.2 cm³/mol. The third-order valence-electron chi connectivity index (χ3n) is 4.57. The normalized spacial score (nSPS) is 22.9. The minimum Gasteiger partial charge on any atom is -0.389 e. The van der Waals surface area contributed by atoms with Gasteiger partial charge in [0.1, 0.15) is 4.99 Å². The Hall–Kier alpha value is -1.27. The molecule has 1 unspecified atom stereocenters. The highest BCUT2D eigenvalue weighted by Gasteiger charge is 2.32. The number of aryl methyl sites for hydroxylation is 1. The van der Waals surface area contributed by atoms with Gasteiger partial charge in [-0.25, -0.2) is 0 Å². The molecule has 20 heavy (non-hydrogen) atoms. The average Bonchev–Trinajstić information content (AvgIpc) is 2.88. The van der Waals surface area contributed by atoms with Crippen molar-refractivity contribution in [2.75, 3.05) is 31.1 Å². The van der Waals surface area contributed by atoms with E-state index < -0.39 is 0 Å². The molecule has 3 rings (SSSR count). The number of rotatable bonds is 2. The second-order valence-electron chi connectivity index (χ2n) is 5.75. The molecule has 1 aromatic heterocycles. The fraction of sp³-hybridized carbons (Fsp3) is 0.643. The van der Waals surface area contributed by atoms with E-state index in [-0.39, 0.29) is 0 Å². The molecule has 1 aromatic rings. The van der Waals surface area contributed by atoms with Crippen LogP contribution >= 0.6 is 12.2 Å². The van der Waals surface area contributed by atoms with Crippen LogP contribution in [0.3, 0.4) is 0 Å². The summed E-state index contributed by atoms with van der Waals surface area (Å²) in [5, 5.41) is 8.65. The van der Waals surface area contributed by atoms with Crippen molar-refractivity contribution >= 4 is 23.0 Å². The Labute approximate surface area is 125 Å². The van der Waals surface area contributed by atoms with E-state index in [2.05, 4.69) is 20.0 Å². The van der Waals surface area contributed by atoms with E-state index in [0.29, 0.717) is 11.0 Å². The molecule has 3 heterocycles. The summed E-state index contributed by atoms with van der Waals surface area (Å²) in [5.41, 5.74) is 8.78. The molecule has 1 atom stereocenters. The maximum absolute atomic E-state index is 5.92. The van der Waals surface area contributed by atoms with Gasteiger partial charge in [-0.2, -0.15) is 5.10 Å². The SMILES string of the molecule is Cc1nnc(N2CCN3CCCC3C2)c(C(N)=S)c1C. The zero-order chi connectivity index (χ0) is 14.3. The largest absolute Gasteiger partial charge is 0.389 e. The molecule has 108 valence electrons. The fourth-order valence-electron chi connectivity index (χ4n) is 3.30. The summed E-state index contributed by atoms with van der Waals surface area (Å²) in [4.78, 5) is 5.30. The van der Waals surface area contributed by atoms with Gasteiger partial charge in [-0.05, 0) is 38.8 Å². The third-order valence-corrected chi connectivity index (χ3v) is 4.77. The summed E-state index contributed by atoms with van der Waals surface area (Å²) in [6, 6.07) is 0.645. The number of thiocarbonyl (C=S) groups is 1. The molecule has 0 amide bonds. The lowest BCUT2D eigenvalue weighted by atomic mass is 10.1. The van der Waals surface area contributed by atoms with Gasteiger partial charge in [0.25, 0.3) is 0 Å². The van der Waals surface area contributed by atoms with Crippen molar-refractivity contribution in [3.05, 3.63) is 16.8 Å². The summed E-state index contributed by atoms with van der Waals surface area (Å²) in [7, 11) is 0. The lowest BCUT2D eigenvalue weighted by molar-refractivity contribution is 0.230. The Morgan fingerprint density at radius 2 is 2.05 bits per heavy atom. The first-order valence-corrected chi connectivity index (χ1v) is 7.61. The molecule has 5 nitrogen and oxygen atoms in total. The van der Waals surface area contributed by atoms with Crippen molar-refractivity contribution in [2.24, 2.45) is 5.73 Å². The number of hydrogen-bond acceptors (Lipinski definition) is 5. The Morgan fingerprint density at radius 3 is 2.80 bits per heavy atom. The molecule has 6 heteroatoms. The number of nitrogens with two attached hydrogens (primary N) is 1. The first kappa shape index (κ1) is 13.7. The molecule has 2 N–H and O–H groups in total. The van der Waals surface area contributed by atoms with E-state index >= 15 is 0 Å². The van der Waals surface area contributed by atoms with Crippen LogP contribution in [0.15, 0.2) is 0 Å². The molecule has 0 aliphatic carbocycles. The van der Waals surface area contributed by atoms with Crippen molar-refractivity contribution in [1.29, 1.82) is 0 Å². The van der Waals surface area contributed by atoms with E-state index in [1.807, 2.05) is 13.8 Å². The maximum Gasteiger partial charge on any atom is 0.161 e. The maximum atomic E-state index is 5.92.